The second-order valence-corrected chi connectivity index (χ2v) is 3.00. The molecule has 0 aromatic heterocycles. The van der Waals surface area contributed by atoms with Crippen molar-refractivity contribution in [1.29, 1.82) is 0 Å². The van der Waals surface area contributed by atoms with Crippen LogP contribution in [0.4, 0.5) is 0 Å². The Labute approximate surface area is 78.5 Å². The van der Waals surface area contributed by atoms with Gasteiger partial charge in [-0.05, 0) is 18.1 Å². The van der Waals surface area contributed by atoms with Crippen molar-refractivity contribution < 1.29 is 9.84 Å². The van der Waals surface area contributed by atoms with Crippen molar-refractivity contribution in [2.24, 2.45) is 0 Å². The van der Waals surface area contributed by atoms with Crippen molar-refractivity contribution in [3.05, 3.63) is 48.0 Å². The summed E-state index contributed by atoms with van der Waals surface area (Å²) in [4.78, 5) is 0. The third-order valence-electron chi connectivity index (χ3n) is 1.67. The van der Waals surface area contributed by atoms with Crippen molar-refractivity contribution in [1.82, 2.24) is 0 Å². The number of aliphatic hydroxyl groups excluding tert-OH is 1. The molecule has 1 rings (SSSR count). The van der Waals surface area contributed by atoms with Crippen LogP contribution in [0.2, 0.25) is 0 Å². The Kier molecular flexibility index (Phi) is 3.68. The predicted octanol–water partition coefficient (Wildman–Crippen LogP) is 2.10. The SMILES string of the molecule is C=C(C)C(O)OCc1ccccc1. The number of ether oxygens (including phenoxy) is 1. The van der Waals surface area contributed by atoms with E-state index in [-0.39, 0.29) is 0 Å². The van der Waals surface area contributed by atoms with Gasteiger partial charge in [0, 0.05) is 0 Å². The molecule has 1 aromatic rings. The van der Waals surface area contributed by atoms with Crippen LogP contribution in [-0.4, -0.2) is 11.4 Å². The molecule has 0 aliphatic heterocycles. The minimum absolute atomic E-state index is 0.412. The van der Waals surface area contributed by atoms with E-state index in [1.807, 2.05) is 30.3 Å². The van der Waals surface area contributed by atoms with Gasteiger partial charge >= 0.3 is 0 Å². The van der Waals surface area contributed by atoms with Gasteiger partial charge in [0.05, 0.1) is 6.61 Å². The van der Waals surface area contributed by atoms with Gasteiger partial charge in [0.15, 0.2) is 6.29 Å². The van der Waals surface area contributed by atoms with Crippen LogP contribution in [0, 0.1) is 0 Å². The summed E-state index contributed by atoms with van der Waals surface area (Å²) in [5.74, 6) is 0. The van der Waals surface area contributed by atoms with Gasteiger partial charge in [-0.1, -0.05) is 36.9 Å². The van der Waals surface area contributed by atoms with Crippen LogP contribution in [0.5, 0.6) is 0 Å². The standard InChI is InChI=1S/C11H14O2/c1-9(2)11(12)13-8-10-6-4-3-5-7-10/h3-7,11-12H,1,8H2,2H3. The van der Waals surface area contributed by atoms with Crippen molar-refractivity contribution in [2.75, 3.05) is 0 Å². The highest BCUT2D eigenvalue weighted by Crippen LogP contribution is 2.05. The van der Waals surface area contributed by atoms with Crippen molar-refractivity contribution in [2.45, 2.75) is 19.8 Å². The maximum Gasteiger partial charge on any atom is 0.176 e. The Morgan fingerprint density at radius 2 is 2.08 bits per heavy atom. The summed E-state index contributed by atoms with van der Waals surface area (Å²) in [6, 6.07) is 9.71. The van der Waals surface area contributed by atoms with Crippen molar-refractivity contribution in [3.8, 4) is 0 Å². The highest BCUT2D eigenvalue weighted by molar-refractivity contribution is 5.13. The molecule has 0 bridgehead atoms. The van der Waals surface area contributed by atoms with Crippen LogP contribution in [-0.2, 0) is 11.3 Å². The van der Waals surface area contributed by atoms with Crippen LogP contribution >= 0.6 is 0 Å². The lowest BCUT2D eigenvalue weighted by molar-refractivity contribution is -0.0808. The highest BCUT2D eigenvalue weighted by Gasteiger charge is 2.03. The smallest absolute Gasteiger partial charge is 0.176 e. The summed E-state index contributed by atoms with van der Waals surface area (Å²) >= 11 is 0. The van der Waals surface area contributed by atoms with Gasteiger partial charge < -0.3 is 9.84 Å². The molecule has 0 spiro atoms. The summed E-state index contributed by atoms with van der Waals surface area (Å²) in [5.41, 5.74) is 1.67. The molecule has 1 atom stereocenters. The zero-order valence-corrected chi connectivity index (χ0v) is 7.73. The summed E-state index contributed by atoms with van der Waals surface area (Å²) < 4.78 is 5.15. The number of aliphatic hydroxyl groups is 1. The summed E-state index contributed by atoms with van der Waals surface area (Å²) in [6.07, 6.45) is -0.861. The van der Waals surface area contributed by atoms with E-state index in [1.54, 1.807) is 6.92 Å². The molecule has 1 N–H and O–H groups in total. The highest BCUT2D eigenvalue weighted by atomic mass is 16.6. The largest absolute Gasteiger partial charge is 0.364 e. The normalized spacial score (nSPS) is 12.5. The molecule has 1 aromatic carbocycles. The first kappa shape index (κ1) is 9.96. The first-order chi connectivity index (χ1) is 6.20. The number of hydrogen-bond acceptors (Lipinski definition) is 2. The molecule has 0 fully saturated rings. The van der Waals surface area contributed by atoms with Gasteiger partial charge in [-0.15, -0.1) is 0 Å². The van der Waals surface area contributed by atoms with E-state index in [9.17, 15) is 5.11 Å². The van der Waals surface area contributed by atoms with E-state index < -0.39 is 6.29 Å². The first-order valence-electron chi connectivity index (χ1n) is 4.19. The average Bonchev–Trinajstić information content (AvgIpc) is 2.15. The second-order valence-electron chi connectivity index (χ2n) is 3.00. The molecule has 0 amide bonds. The minimum Gasteiger partial charge on any atom is -0.364 e. The fourth-order valence-electron chi connectivity index (χ4n) is 0.892. The Hall–Kier alpha value is -1.12. The van der Waals surface area contributed by atoms with E-state index in [0.717, 1.165) is 5.56 Å². The maximum atomic E-state index is 9.27. The lowest BCUT2D eigenvalue weighted by Gasteiger charge is -2.11. The Bertz CT molecular complexity index is 267. The fraction of sp³-hybridized carbons (Fsp3) is 0.273. The predicted molar refractivity (Wildman–Crippen MR) is 52.1 cm³/mol. The molecule has 0 saturated heterocycles. The van der Waals surface area contributed by atoms with Crippen LogP contribution in [0.25, 0.3) is 0 Å². The fourth-order valence-corrected chi connectivity index (χ4v) is 0.892. The van der Waals surface area contributed by atoms with E-state index in [2.05, 4.69) is 6.58 Å². The van der Waals surface area contributed by atoms with Gasteiger partial charge in [-0.2, -0.15) is 0 Å². The molecule has 0 saturated carbocycles. The van der Waals surface area contributed by atoms with E-state index in [1.165, 1.54) is 0 Å². The van der Waals surface area contributed by atoms with Gasteiger partial charge in [0.25, 0.3) is 0 Å². The molecule has 2 nitrogen and oxygen atoms in total. The Morgan fingerprint density at radius 1 is 1.46 bits per heavy atom. The van der Waals surface area contributed by atoms with Gasteiger partial charge in [0.2, 0.25) is 0 Å². The zero-order valence-electron chi connectivity index (χ0n) is 7.73. The molecular formula is C11H14O2. The average molecular weight is 178 g/mol. The molecule has 0 aliphatic rings. The molecular weight excluding hydrogens is 164 g/mol. The quantitative estimate of drug-likeness (QED) is 0.565. The lowest BCUT2D eigenvalue weighted by Crippen LogP contribution is -2.12. The number of hydrogen-bond donors (Lipinski definition) is 1. The lowest BCUT2D eigenvalue weighted by atomic mass is 10.2. The molecule has 1 unspecified atom stereocenters. The van der Waals surface area contributed by atoms with E-state index in [0.29, 0.717) is 12.2 Å². The van der Waals surface area contributed by atoms with Crippen LogP contribution in [0.1, 0.15) is 12.5 Å². The summed E-state index contributed by atoms with van der Waals surface area (Å²) in [5, 5.41) is 9.27. The number of benzene rings is 1. The Morgan fingerprint density at radius 3 is 2.62 bits per heavy atom. The Balaban J connectivity index is 2.39. The summed E-state index contributed by atoms with van der Waals surface area (Å²) in [6.45, 7) is 5.74. The van der Waals surface area contributed by atoms with Crippen molar-refractivity contribution >= 4 is 0 Å². The number of rotatable bonds is 4. The first-order valence-corrected chi connectivity index (χ1v) is 4.19. The van der Waals surface area contributed by atoms with Crippen LogP contribution in [0.3, 0.4) is 0 Å². The van der Waals surface area contributed by atoms with Crippen LogP contribution in [0.15, 0.2) is 42.5 Å². The molecule has 0 aliphatic carbocycles. The second kappa shape index (κ2) is 4.80. The minimum atomic E-state index is -0.861. The third kappa shape index (κ3) is 3.40. The van der Waals surface area contributed by atoms with Crippen molar-refractivity contribution in [3.63, 3.8) is 0 Å². The van der Waals surface area contributed by atoms with Gasteiger partial charge in [0.1, 0.15) is 0 Å². The zero-order chi connectivity index (χ0) is 9.68. The molecule has 13 heavy (non-hydrogen) atoms. The summed E-state index contributed by atoms with van der Waals surface area (Å²) in [7, 11) is 0. The van der Waals surface area contributed by atoms with E-state index >= 15 is 0 Å². The van der Waals surface area contributed by atoms with Gasteiger partial charge in [-0.25, -0.2) is 0 Å². The monoisotopic (exact) mass is 178 g/mol. The molecule has 0 heterocycles. The molecule has 70 valence electrons. The molecule has 2 heteroatoms. The molecule has 0 radical (unpaired) electrons. The maximum absolute atomic E-state index is 9.27. The third-order valence-corrected chi connectivity index (χ3v) is 1.67. The topological polar surface area (TPSA) is 29.5 Å². The van der Waals surface area contributed by atoms with Crippen LogP contribution < -0.4 is 0 Å². The van der Waals surface area contributed by atoms with E-state index in [4.69, 9.17) is 4.74 Å². The van der Waals surface area contributed by atoms with Gasteiger partial charge in [-0.3, -0.25) is 0 Å².